The second-order valence-corrected chi connectivity index (χ2v) is 12.5. The van der Waals surface area contributed by atoms with Gasteiger partial charge in [-0.05, 0) is 85.8 Å². The summed E-state index contributed by atoms with van der Waals surface area (Å²) < 4.78 is 11.1. The maximum absolute atomic E-state index is 6.63. The van der Waals surface area contributed by atoms with Gasteiger partial charge in [0.05, 0.1) is 22.2 Å². The average molecular weight is 593 g/mol. The van der Waals surface area contributed by atoms with E-state index in [1.54, 1.807) is 0 Å². The quantitative estimate of drug-likeness (QED) is 0.192. The van der Waals surface area contributed by atoms with Crippen molar-refractivity contribution in [3.8, 4) is 22.8 Å². The van der Waals surface area contributed by atoms with Gasteiger partial charge in [-0.15, -0.1) is 0 Å². The lowest BCUT2D eigenvalue weighted by Gasteiger charge is -2.11. The highest BCUT2D eigenvalue weighted by Crippen LogP contribution is 2.41. The van der Waals surface area contributed by atoms with E-state index < -0.39 is 0 Å². The van der Waals surface area contributed by atoms with Gasteiger partial charge >= 0.3 is 0 Å². The van der Waals surface area contributed by atoms with Crippen LogP contribution in [0, 0.1) is 20.8 Å². The van der Waals surface area contributed by atoms with Gasteiger partial charge in [-0.25, -0.2) is 9.97 Å². The summed E-state index contributed by atoms with van der Waals surface area (Å²) in [7, 11) is 0. The Bertz CT molecular complexity index is 2850. The molecule has 0 saturated heterocycles. The van der Waals surface area contributed by atoms with Gasteiger partial charge in [0.25, 0.3) is 0 Å². The van der Waals surface area contributed by atoms with Crippen molar-refractivity contribution >= 4 is 65.5 Å². The molecule has 0 radical (unpaired) electrons. The van der Waals surface area contributed by atoms with Crippen molar-refractivity contribution in [3.63, 3.8) is 0 Å². The zero-order valence-electron chi connectivity index (χ0n) is 25.7. The molecule has 10 aromatic rings. The molecule has 46 heavy (non-hydrogen) atoms. The minimum Gasteiger partial charge on any atom is -0.457 e. The normalized spacial score (nSPS) is 12.2. The van der Waals surface area contributed by atoms with Gasteiger partial charge in [0.15, 0.2) is 0 Å². The third kappa shape index (κ3) is 3.40. The van der Waals surface area contributed by atoms with Crippen LogP contribution in [0.2, 0.25) is 0 Å². The Kier molecular flexibility index (Phi) is 5.00. The predicted octanol–water partition coefficient (Wildman–Crippen LogP) is 10.6. The van der Waals surface area contributed by atoms with Crippen molar-refractivity contribution in [2.45, 2.75) is 20.8 Å². The molecule has 0 spiro atoms. The highest BCUT2D eigenvalue weighted by atomic mass is 16.5. The first kappa shape index (κ1) is 25.4. The van der Waals surface area contributed by atoms with E-state index >= 15 is 0 Å². The van der Waals surface area contributed by atoms with Crippen LogP contribution in [0.4, 0.5) is 0 Å². The molecule has 5 heteroatoms. The Labute approximate surface area is 264 Å². The standard InChI is InChI=1S/C41H28N4O/c1-23-18-24(2)38(25(3)19-23)35-22-44-36-12-5-4-8-29(36)28-15-13-26(20-34(28)41(44)43-35)46-27-14-16-30-31-9-6-10-32-33-11-7-17-42-40(33)45(39(31)32)37(30)21-27/h4-22H,1-3H3. The fourth-order valence-electron chi connectivity index (χ4n) is 7.85. The van der Waals surface area contributed by atoms with E-state index in [-0.39, 0.29) is 0 Å². The van der Waals surface area contributed by atoms with Crippen LogP contribution in [0.1, 0.15) is 16.7 Å². The topological polar surface area (TPSA) is 43.8 Å². The van der Waals surface area contributed by atoms with E-state index in [1.165, 1.54) is 49.3 Å². The van der Waals surface area contributed by atoms with Crippen molar-refractivity contribution in [1.29, 1.82) is 0 Å². The van der Waals surface area contributed by atoms with Gasteiger partial charge in [0.1, 0.15) is 22.8 Å². The van der Waals surface area contributed by atoms with E-state index in [0.29, 0.717) is 0 Å². The molecule has 0 aliphatic rings. The summed E-state index contributed by atoms with van der Waals surface area (Å²) >= 11 is 0. The van der Waals surface area contributed by atoms with Gasteiger partial charge in [0.2, 0.25) is 0 Å². The van der Waals surface area contributed by atoms with E-state index in [2.05, 4.69) is 133 Å². The van der Waals surface area contributed by atoms with Crippen molar-refractivity contribution in [2.75, 3.05) is 0 Å². The molecule has 218 valence electrons. The van der Waals surface area contributed by atoms with Crippen molar-refractivity contribution in [3.05, 3.63) is 132 Å². The van der Waals surface area contributed by atoms with Crippen LogP contribution in [-0.4, -0.2) is 18.8 Å². The molecule has 0 bridgehead atoms. The molecule has 0 fully saturated rings. The van der Waals surface area contributed by atoms with Gasteiger partial charge in [0, 0.05) is 56.3 Å². The minimum atomic E-state index is 0.771. The number of aryl methyl sites for hydroxylation is 3. The molecule has 5 heterocycles. The van der Waals surface area contributed by atoms with Crippen LogP contribution in [0.25, 0.3) is 76.8 Å². The van der Waals surface area contributed by atoms with Crippen molar-refractivity contribution < 1.29 is 4.74 Å². The minimum absolute atomic E-state index is 0.771. The molecule has 5 nitrogen and oxygen atoms in total. The Balaban J connectivity index is 1.16. The number of hydrogen-bond donors (Lipinski definition) is 0. The largest absolute Gasteiger partial charge is 0.457 e. The summed E-state index contributed by atoms with van der Waals surface area (Å²) in [4.78, 5) is 10.0. The van der Waals surface area contributed by atoms with E-state index in [4.69, 9.17) is 14.7 Å². The fourth-order valence-corrected chi connectivity index (χ4v) is 7.85. The van der Waals surface area contributed by atoms with Gasteiger partial charge < -0.3 is 4.74 Å². The number of rotatable bonds is 3. The molecular weight excluding hydrogens is 564 g/mol. The summed E-state index contributed by atoms with van der Waals surface area (Å²) in [5.74, 6) is 1.55. The first-order chi connectivity index (χ1) is 22.5. The van der Waals surface area contributed by atoms with Crippen LogP contribution in [-0.2, 0) is 0 Å². The SMILES string of the molecule is Cc1cc(C)c(-c2cn3c4ccccc4c4ccc(Oc5ccc6c7cccc8c9cccnc9n(c6c5)c78)cc4c3n2)c(C)c1. The lowest BCUT2D eigenvalue weighted by Crippen LogP contribution is -1.91. The van der Waals surface area contributed by atoms with Crippen molar-refractivity contribution in [1.82, 2.24) is 18.8 Å². The molecular formula is C41H28N4O. The van der Waals surface area contributed by atoms with Crippen LogP contribution < -0.4 is 4.74 Å². The van der Waals surface area contributed by atoms with Gasteiger partial charge in [-0.3, -0.25) is 8.80 Å². The predicted molar refractivity (Wildman–Crippen MR) is 189 cm³/mol. The average Bonchev–Trinajstić information content (AvgIpc) is 3.74. The number of ether oxygens (including phenoxy) is 1. The number of hydrogen-bond acceptors (Lipinski definition) is 3. The van der Waals surface area contributed by atoms with Crippen LogP contribution >= 0.6 is 0 Å². The second-order valence-electron chi connectivity index (χ2n) is 12.5. The Morgan fingerprint density at radius 3 is 2.11 bits per heavy atom. The third-order valence-corrected chi connectivity index (χ3v) is 9.61. The van der Waals surface area contributed by atoms with Crippen molar-refractivity contribution in [2.24, 2.45) is 0 Å². The number of nitrogens with zero attached hydrogens (tertiary/aromatic N) is 4. The second kappa shape index (κ2) is 9.05. The first-order valence-electron chi connectivity index (χ1n) is 15.7. The lowest BCUT2D eigenvalue weighted by atomic mass is 9.98. The molecule has 0 aliphatic heterocycles. The number of aromatic nitrogens is 4. The molecule has 0 atom stereocenters. The molecule has 0 aliphatic carbocycles. The number of imidazole rings is 1. The summed E-state index contributed by atoms with van der Waals surface area (Å²) in [5.41, 5.74) is 11.2. The van der Waals surface area contributed by atoms with Crippen LogP contribution in [0.3, 0.4) is 0 Å². The monoisotopic (exact) mass is 592 g/mol. The molecule has 0 N–H and O–H groups in total. The Morgan fingerprint density at radius 2 is 1.26 bits per heavy atom. The summed E-state index contributed by atoms with van der Waals surface area (Å²) in [5, 5.41) is 8.20. The fraction of sp³-hybridized carbons (Fsp3) is 0.0732. The maximum Gasteiger partial charge on any atom is 0.146 e. The lowest BCUT2D eigenvalue weighted by molar-refractivity contribution is 0.484. The summed E-state index contributed by atoms with van der Waals surface area (Å²) in [6.07, 6.45) is 4.05. The highest BCUT2D eigenvalue weighted by Gasteiger charge is 2.19. The maximum atomic E-state index is 6.63. The molecule has 0 amide bonds. The van der Waals surface area contributed by atoms with Crippen LogP contribution in [0.5, 0.6) is 11.5 Å². The molecule has 0 unspecified atom stereocenters. The van der Waals surface area contributed by atoms with E-state index in [1.807, 2.05) is 12.3 Å². The number of benzene rings is 5. The van der Waals surface area contributed by atoms with Crippen LogP contribution in [0.15, 0.2) is 116 Å². The summed E-state index contributed by atoms with van der Waals surface area (Å²) in [6, 6.07) is 36.4. The molecule has 0 saturated carbocycles. The highest BCUT2D eigenvalue weighted by molar-refractivity contribution is 6.22. The van der Waals surface area contributed by atoms with Gasteiger partial charge in [-0.2, -0.15) is 0 Å². The molecule has 5 aromatic heterocycles. The first-order valence-corrected chi connectivity index (χ1v) is 15.7. The third-order valence-electron chi connectivity index (χ3n) is 9.61. The Hall–Kier alpha value is -5.94. The zero-order valence-corrected chi connectivity index (χ0v) is 25.7. The zero-order chi connectivity index (χ0) is 30.7. The molecule has 5 aromatic carbocycles. The number of fused-ring (bicyclic) bond motifs is 12. The number of pyridine rings is 2. The molecule has 10 rings (SSSR count). The number of para-hydroxylation sites is 2. The van der Waals surface area contributed by atoms with Gasteiger partial charge in [-0.1, -0.05) is 54.1 Å². The summed E-state index contributed by atoms with van der Waals surface area (Å²) in [6.45, 7) is 6.50. The Morgan fingerprint density at radius 1 is 0.565 bits per heavy atom. The van der Waals surface area contributed by atoms with E-state index in [9.17, 15) is 0 Å². The smallest absolute Gasteiger partial charge is 0.146 e. The van der Waals surface area contributed by atoms with E-state index in [0.717, 1.165) is 55.7 Å².